The highest BCUT2D eigenvalue weighted by molar-refractivity contribution is 5.97. The van der Waals surface area contributed by atoms with Gasteiger partial charge in [0.15, 0.2) is 0 Å². The first kappa shape index (κ1) is 16.0. The SMILES string of the molecule is CNc1ccc(C(=O)NC(C)C(=O)NCCOC)cc1. The van der Waals surface area contributed by atoms with Gasteiger partial charge < -0.3 is 20.7 Å². The summed E-state index contributed by atoms with van der Waals surface area (Å²) < 4.78 is 4.84. The highest BCUT2D eigenvalue weighted by Crippen LogP contribution is 2.08. The summed E-state index contributed by atoms with van der Waals surface area (Å²) in [4.78, 5) is 23.6. The van der Waals surface area contributed by atoms with E-state index in [4.69, 9.17) is 4.74 Å². The number of anilines is 1. The molecule has 1 aromatic carbocycles. The van der Waals surface area contributed by atoms with E-state index in [1.165, 1.54) is 0 Å². The second-order valence-electron chi connectivity index (χ2n) is 4.31. The second-order valence-corrected chi connectivity index (χ2v) is 4.31. The first-order chi connectivity index (χ1) is 9.58. The Balaban J connectivity index is 2.49. The van der Waals surface area contributed by atoms with E-state index in [1.807, 2.05) is 7.05 Å². The summed E-state index contributed by atoms with van der Waals surface area (Å²) in [5.74, 6) is -0.510. The minimum atomic E-state index is -0.594. The third-order valence-electron chi connectivity index (χ3n) is 2.78. The summed E-state index contributed by atoms with van der Waals surface area (Å²) >= 11 is 0. The van der Waals surface area contributed by atoms with E-state index in [0.29, 0.717) is 18.7 Å². The fraction of sp³-hybridized carbons (Fsp3) is 0.429. The summed E-state index contributed by atoms with van der Waals surface area (Å²) in [5.41, 5.74) is 1.44. The van der Waals surface area contributed by atoms with Crippen LogP contribution in [0.5, 0.6) is 0 Å². The van der Waals surface area contributed by atoms with Gasteiger partial charge in [-0.25, -0.2) is 0 Å². The molecule has 110 valence electrons. The van der Waals surface area contributed by atoms with Gasteiger partial charge in [0.2, 0.25) is 5.91 Å². The highest BCUT2D eigenvalue weighted by Gasteiger charge is 2.15. The molecule has 20 heavy (non-hydrogen) atoms. The van der Waals surface area contributed by atoms with Crippen molar-refractivity contribution in [2.75, 3.05) is 32.6 Å². The van der Waals surface area contributed by atoms with Crippen LogP contribution in [0.25, 0.3) is 0 Å². The van der Waals surface area contributed by atoms with Gasteiger partial charge in [-0.05, 0) is 31.2 Å². The van der Waals surface area contributed by atoms with Crippen molar-refractivity contribution in [2.24, 2.45) is 0 Å². The van der Waals surface area contributed by atoms with Crippen molar-refractivity contribution >= 4 is 17.5 Å². The van der Waals surface area contributed by atoms with E-state index in [9.17, 15) is 9.59 Å². The molecule has 0 aliphatic carbocycles. The zero-order chi connectivity index (χ0) is 15.0. The molecule has 1 rings (SSSR count). The average molecular weight is 279 g/mol. The van der Waals surface area contributed by atoms with E-state index in [-0.39, 0.29) is 11.8 Å². The fourth-order valence-corrected chi connectivity index (χ4v) is 1.56. The van der Waals surface area contributed by atoms with Gasteiger partial charge in [-0.1, -0.05) is 0 Å². The predicted molar refractivity (Wildman–Crippen MR) is 77.8 cm³/mol. The third-order valence-corrected chi connectivity index (χ3v) is 2.78. The molecule has 0 saturated carbocycles. The van der Waals surface area contributed by atoms with Crippen LogP contribution >= 0.6 is 0 Å². The lowest BCUT2D eigenvalue weighted by atomic mass is 10.2. The number of hydrogen-bond donors (Lipinski definition) is 3. The van der Waals surface area contributed by atoms with Crippen LogP contribution < -0.4 is 16.0 Å². The number of hydrogen-bond acceptors (Lipinski definition) is 4. The van der Waals surface area contributed by atoms with Gasteiger partial charge in [0.25, 0.3) is 5.91 Å². The maximum absolute atomic E-state index is 12.0. The molecule has 0 aliphatic rings. The molecule has 1 unspecified atom stereocenters. The zero-order valence-corrected chi connectivity index (χ0v) is 12.0. The number of carbonyl (C=O) groups is 2. The molecule has 6 heteroatoms. The molecule has 0 fully saturated rings. The maximum atomic E-state index is 12.0. The van der Waals surface area contributed by atoms with Crippen LogP contribution in [0.15, 0.2) is 24.3 Å². The molecule has 1 aromatic rings. The number of rotatable bonds is 7. The van der Waals surface area contributed by atoms with E-state index < -0.39 is 6.04 Å². The number of amides is 2. The molecule has 0 radical (unpaired) electrons. The lowest BCUT2D eigenvalue weighted by Gasteiger charge is -2.14. The smallest absolute Gasteiger partial charge is 0.251 e. The average Bonchev–Trinajstić information content (AvgIpc) is 2.47. The van der Waals surface area contributed by atoms with Crippen LogP contribution in [0.1, 0.15) is 17.3 Å². The summed E-state index contributed by atoms with van der Waals surface area (Å²) in [6.07, 6.45) is 0. The first-order valence-corrected chi connectivity index (χ1v) is 6.43. The van der Waals surface area contributed by atoms with Gasteiger partial charge in [0.1, 0.15) is 6.04 Å². The Morgan fingerprint density at radius 3 is 2.45 bits per heavy atom. The first-order valence-electron chi connectivity index (χ1n) is 6.43. The van der Waals surface area contributed by atoms with Crippen LogP contribution in [0.4, 0.5) is 5.69 Å². The normalized spacial score (nSPS) is 11.6. The predicted octanol–water partition coefficient (Wildman–Crippen LogP) is 0.609. The summed E-state index contributed by atoms with van der Waals surface area (Å²) in [6, 6.07) is 6.42. The minimum Gasteiger partial charge on any atom is -0.388 e. The van der Waals surface area contributed by atoms with Gasteiger partial charge in [-0.3, -0.25) is 9.59 Å². The molecular weight excluding hydrogens is 258 g/mol. The van der Waals surface area contributed by atoms with Gasteiger partial charge >= 0.3 is 0 Å². The highest BCUT2D eigenvalue weighted by atomic mass is 16.5. The van der Waals surface area contributed by atoms with Crippen molar-refractivity contribution in [3.8, 4) is 0 Å². The number of nitrogens with one attached hydrogen (secondary N) is 3. The van der Waals surface area contributed by atoms with E-state index in [0.717, 1.165) is 5.69 Å². The third kappa shape index (κ3) is 4.89. The van der Waals surface area contributed by atoms with E-state index >= 15 is 0 Å². The van der Waals surface area contributed by atoms with Gasteiger partial charge in [-0.15, -0.1) is 0 Å². The van der Waals surface area contributed by atoms with Crippen LogP contribution in [0.3, 0.4) is 0 Å². The molecule has 6 nitrogen and oxygen atoms in total. The van der Waals surface area contributed by atoms with Crippen molar-refractivity contribution in [3.63, 3.8) is 0 Å². The standard InChI is InChI=1S/C14H21N3O3/c1-10(13(18)16-8-9-20-3)17-14(19)11-4-6-12(15-2)7-5-11/h4-7,10,15H,8-9H2,1-3H3,(H,16,18)(H,17,19). The number of methoxy groups -OCH3 is 1. The molecule has 0 saturated heterocycles. The van der Waals surface area contributed by atoms with Crippen LogP contribution in [-0.2, 0) is 9.53 Å². The summed E-state index contributed by atoms with van der Waals surface area (Å²) in [7, 11) is 3.37. The summed E-state index contributed by atoms with van der Waals surface area (Å²) in [6.45, 7) is 2.51. The Morgan fingerprint density at radius 2 is 1.90 bits per heavy atom. The van der Waals surface area contributed by atoms with Crippen molar-refractivity contribution in [2.45, 2.75) is 13.0 Å². The number of benzene rings is 1. The molecule has 3 N–H and O–H groups in total. The molecule has 0 aromatic heterocycles. The quantitative estimate of drug-likeness (QED) is 0.639. The van der Waals surface area contributed by atoms with Crippen molar-refractivity contribution in [1.82, 2.24) is 10.6 Å². The molecule has 2 amide bonds. The van der Waals surface area contributed by atoms with Crippen LogP contribution in [-0.4, -0.2) is 45.2 Å². The van der Waals surface area contributed by atoms with Gasteiger partial charge in [0.05, 0.1) is 6.61 Å². The Kier molecular flexibility index (Phi) is 6.52. The van der Waals surface area contributed by atoms with E-state index in [2.05, 4.69) is 16.0 Å². The Morgan fingerprint density at radius 1 is 1.25 bits per heavy atom. The Bertz CT molecular complexity index is 445. The lowest BCUT2D eigenvalue weighted by Crippen LogP contribution is -2.45. The molecule has 0 heterocycles. The summed E-state index contributed by atoms with van der Waals surface area (Å²) in [5, 5.41) is 8.29. The molecule has 0 aliphatic heterocycles. The Hall–Kier alpha value is -2.08. The van der Waals surface area contributed by atoms with Crippen molar-refractivity contribution in [1.29, 1.82) is 0 Å². The molecule has 1 atom stereocenters. The topological polar surface area (TPSA) is 79.5 Å². The largest absolute Gasteiger partial charge is 0.388 e. The number of ether oxygens (including phenoxy) is 1. The van der Waals surface area contributed by atoms with Crippen molar-refractivity contribution in [3.05, 3.63) is 29.8 Å². The van der Waals surface area contributed by atoms with Crippen LogP contribution in [0, 0.1) is 0 Å². The van der Waals surface area contributed by atoms with Gasteiger partial charge in [-0.2, -0.15) is 0 Å². The minimum absolute atomic E-state index is 0.234. The monoisotopic (exact) mass is 279 g/mol. The molecular formula is C14H21N3O3. The lowest BCUT2D eigenvalue weighted by molar-refractivity contribution is -0.122. The molecule has 0 bridgehead atoms. The zero-order valence-electron chi connectivity index (χ0n) is 12.0. The maximum Gasteiger partial charge on any atom is 0.251 e. The number of carbonyl (C=O) groups excluding carboxylic acids is 2. The van der Waals surface area contributed by atoms with Crippen molar-refractivity contribution < 1.29 is 14.3 Å². The Labute approximate surface area is 118 Å². The van der Waals surface area contributed by atoms with Crippen LogP contribution in [0.2, 0.25) is 0 Å². The van der Waals surface area contributed by atoms with E-state index in [1.54, 1.807) is 38.3 Å². The van der Waals surface area contributed by atoms with Gasteiger partial charge in [0, 0.05) is 32.0 Å². The second kappa shape index (κ2) is 8.16. The fourth-order valence-electron chi connectivity index (χ4n) is 1.56. The molecule has 0 spiro atoms.